The monoisotopic (exact) mass is 618 g/mol. The maximum Gasteiger partial charge on any atom is 0.267 e. The SMILES string of the molecule is C=C1CCC[C@@H]2Nc3ccc(Br)cc3[C@]12CCN(C(=O)c1ccc(Cl)cc1)S(=O)(=O)c1ccc(Cl)cc1. The predicted octanol–water partition coefficient (Wildman–Crippen LogP) is 7.45. The smallest absolute Gasteiger partial charge is 0.267 e. The van der Waals surface area contributed by atoms with E-state index in [1.54, 1.807) is 24.3 Å². The van der Waals surface area contributed by atoms with Crippen molar-refractivity contribution in [3.8, 4) is 0 Å². The summed E-state index contributed by atoms with van der Waals surface area (Å²) in [5.74, 6) is -0.610. The second-order valence-corrected chi connectivity index (χ2v) is 13.1. The number of benzene rings is 3. The molecule has 0 aromatic heterocycles. The van der Waals surface area contributed by atoms with Crippen LogP contribution < -0.4 is 5.32 Å². The van der Waals surface area contributed by atoms with Crippen LogP contribution in [0.15, 0.2) is 88.3 Å². The molecule has 37 heavy (non-hydrogen) atoms. The topological polar surface area (TPSA) is 66.5 Å². The summed E-state index contributed by atoms with van der Waals surface area (Å²) >= 11 is 15.6. The fraction of sp³-hybridized carbons (Fsp3) is 0.250. The van der Waals surface area contributed by atoms with Crippen LogP contribution in [-0.4, -0.2) is 31.2 Å². The van der Waals surface area contributed by atoms with E-state index < -0.39 is 21.3 Å². The maximum absolute atomic E-state index is 13.9. The van der Waals surface area contributed by atoms with Crippen LogP contribution in [0, 0.1) is 0 Å². The summed E-state index contributed by atoms with van der Waals surface area (Å²) in [6.07, 6.45) is 3.18. The summed E-state index contributed by atoms with van der Waals surface area (Å²) in [5.41, 5.74) is 2.90. The Bertz CT molecular complexity index is 1480. The van der Waals surface area contributed by atoms with E-state index in [0.717, 1.165) is 44.9 Å². The quantitative estimate of drug-likeness (QED) is 0.291. The average molecular weight is 620 g/mol. The molecular formula is C28H25BrCl2N2O3S. The summed E-state index contributed by atoms with van der Waals surface area (Å²) in [5, 5.41) is 4.51. The second kappa shape index (κ2) is 10.1. The Kier molecular flexibility index (Phi) is 7.18. The number of nitrogens with one attached hydrogen (secondary N) is 1. The number of carbonyl (C=O) groups is 1. The molecule has 1 saturated carbocycles. The maximum atomic E-state index is 13.9. The van der Waals surface area contributed by atoms with Crippen molar-refractivity contribution in [2.45, 2.75) is 42.0 Å². The first-order chi connectivity index (χ1) is 17.6. The lowest BCUT2D eigenvalue weighted by molar-refractivity contribution is 0.0853. The van der Waals surface area contributed by atoms with Crippen molar-refractivity contribution in [3.63, 3.8) is 0 Å². The standard InChI is InChI=1S/C28H25BrCl2N2O3S/c1-18-3-2-4-26-28(18,24-17-20(29)7-14-25(24)32-26)15-16-33(27(34)19-5-8-21(30)9-6-19)37(35,36)23-12-10-22(31)11-13-23/h5-14,17,26,32H,1-4,15-16H2/t26-,28-/m0/s1. The number of carbonyl (C=O) groups excluding carboxylic acids is 1. The van der Waals surface area contributed by atoms with Gasteiger partial charge < -0.3 is 5.32 Å². The Labute approximate surface area is 235 Å². The van der Waals surface area contributed by atoms with Crippen LogP contribution in [0.4, 0.5) is 5.69 Å². The molecule has 3 aromatic rings. The number of sulfonamides is 1. The first kappa shape index (κ1) is 26.3. The van der Waals surface area contributed by atoms with Crippen molar-refractivity contribution in [2.75, 3.05) is 11.9 Å². The van der Waals surface area contributed by atoms with E-state index in [0.29, 0.717) is 16.5 Å². The number of rotatable bonds is 6. The van der Waals surface area contributed by atoms with E-state index in [4.69, 9.17) is 23.2 Å². The summed E-state index contributed by atoms with van der Waals surface area (Å²) in [7, 11) is -4.18. The number of halogens is 3. The van der Waals surface area contributed by atoms with Crippen molar-refractivity contribution >= 4 is 60.7 Å². The zero-order valence-corrected chi connectivity index (χ0v) is 23.8. The third-order valence-corrected chi connectivity index (χ3v) is 10.2. The third-order valence-electron chi connectivity index (χ3n) is 7.42. The first-order valence-corrected chi connectivity index (χ1v) is 14.9. The molecule has 5 rings (SSSR count). The van der Waals surface area contributed by atoms with Gasteiger partial charge in [0.05, 0.1) is 4.90 Å². The Hall–Kier alpha value is -2.32. The van der Waals surface area contributed by atoms with Crippen molar-refractivity contribution in [1.82, 2.24) is 4.31 Å². The molecule has 1 heterocycles. The average Bonchev–Trinajstić information content (AvgIpc) is 3.19. The van der Waals surface area contributed by atoms with E-state index in [1.807, 2.05) is 12.1 Å². The van der Waals surface area contributed by atoms with E-state index in [1.165, 1.54) is 24.3 Å². The summed E-state index contributed by atoms with van der Waals surface area (Å²) < 4.78 is 29.6. The van der Waals surface area contributed by atoms with Crippen LogP contribution in [-0.2, 0) is 15.4 Å². The summed E-state index contributed by atoms with van der Waals surface area (Å²) in [6, 6.07) is 18.3. The van der Waals surface area contributed by atoms with Gasteiger partial charge in [0.25, 0.3) is 15.9 Å². The van der Waals surface area contributed by atoms with E-state index >= 15 is 0 Å². The zero-order chi connectivity index (χ0) is 26.4. The molecule has 0 bridgehead atoms. The molecule has 0 radical (unpaired) electrons. The number of nitrogens with zero attached hydrogens (tertiary/aromatic N) is 1. The molecule has 1 fully saturated rings. The highest BCUT2D eigenvalue weighted by atomic mass is 79.9. The normalized spacial score (nSPS) is 20.6. The molecule has 1 amide bonds. The second-order valence-electron chi connectivity index (χ2n) is 9.45. The minimum atomic E-state index is -4.18. The summed E-state index contributed by atoms with van der Waals surface area (Å²) in [4.78, 5) is 13.7. The Morgan fingerprint density at radius 2 is 1.70 bits per heavy atom. The fourth-order valence-electron chi connectivity index (χ4n) is 5.57. The Morgan fingerprint density at radius 3 is 2.38 bits per heavy atom. The lowest BCUT2D eigenvalue weighted by Crippen LogP contribution is -2.47. The van der Waals surface area contributed by atoms with Gasteiger partial charge in [-0.2, -0.15) is 0 Å². The van der Waals surface area contributed by atoms with E-state index in [9.17, 15) is 13.2 Å². The lowest BCUT2D eigenvalue weighted by Gasteiger charge is -2.42. The molecule has 9 heteroatoms. The fourth-order valence-corrected chi connectivity index (χ4v) is 7.58. The number of hydrogen-bond acceptors (Lipinski definition) is 4. The number of anilines is 1. The van der Waals surface area contributed by atoms with E-state index in [-0.39, 0.29) is 23.0 Å². The minimum absolute atomic E-state index is 0.00317. The van der Waals surface area contributed by atoms with Gasteiger partial charge in [-0.1, -0.05) is 51.3 Å². The van der Waals surface area contributed by atoms with Gasteiger partial charge in [-0.3, -0.25) is 4.79 Å². The van der Waals surface area contributed by atoms with Crippen LogP contribution in [0.3, 0.4) is 0 Å². The molecule has 192 valence electrons. The largest absolute Gasteiger partial charge is 0.381 e. The van der Waals surface area contributed by atoms with E-state index in [2.05, 4.69) is 33.9 Å². The highest BCUT2D eigenvalue weighted by Gasteiger charge is 2.50. The van der Waals surface area contributed by atoms with Crippen molar-refractivity contribution in [2.24, 2.45) is 0 Å². The van der Waals surface area contributed by atoms with Gasteiger partial charge in [0.1, 0.15) is 0 Å². The number of hydrogen-bond donors (Lipinski definition) is 1. The predicted molar refractivity (Wildman–Crippen MR) is 152 cm³/mol. The highest BCUT2D eigenvalue weighted by Crippen LogP contribution is 2.54. The van der Waals surface area contributed by atoms with Gasteiger partial charge in [0.2, 0.25) is 0 Å². The molecular weight excluding hydrogens is 595 g/mol. The lowest BCUT2D eigenvalue weighted by atomic mass is 9.63. The number of amides is 1. The molecule has 1 aliphatic carbocycles. The van der Waals surface area contributed by atoms with Gasteiger partial charge in [0.15, 0.2) is 0 Å². The zero-order valence-electron chi connectivity index (χ0n) is 19.9. The van der Waals surface area contributed by atoms with Gasteiger partial charge in [-0.15, -0.1) is 0 Å². The molecule has 5 nitrogen and oxygen atoms in total. The van der Waals surface area contributed by atoms with Gasteiger partial charge in [-0.05, 0) is 98.0 Å². The van der Waals surface area contributed by atoms with Crippen molar-refractivity contribution in [1.29, 1.82) is 0 Å². The first-order valence-electron chi connectivity index (χ1n) is 12.0. The Morgan fingerprint density at radius 1 is 1.05 bits per heavy atom. The molecule has 2 atom stereocenters. The molecule has 3 aromatic carbocycles. The molecule has 1 aliphatic heterocycles. The van der Waals surface area contributed by atoms with Crippen LogP contribution in [0.5, 0.6) is 0 Å². The van der Waals surface area contributed by atoms with Crippen LogP contribution in [0.2, 0.25) is 10.0 Å². The van der Waals surface area contributed by atoms with Crippen LogP contribution >= 0.6 is 39.1 Å². The van der Waals surface area contributed by atoms with Gasteiger partial charge in [-0.25, -0.2) is 12.7 Å². The molecule has 0 spiro atoms. The Balaban J connectivity index is 1.57. The van der Waals surface area contributed by atoms with Gasteiger partial charge in [0, 0.05) is 43.8 Å². The molecule has 1 N–H and O–H groups in total. The number of fused-ring (bicyclic) bond motifs is 3. The van der Waals surface area contributed by atoms with Crippen LogP contribution in [0.1, 0.15) is 41.6 Å². The van der Waals surface area contributed by atoms with Crippen molar-refractivity contribution < 1.29 is 13.2 Å². The molecule has 2 aliphatic rings. The van der Waals surface area contributed by atoms with Gasteiger partial charge >= 0.3 is 0 Å². The minimum Gasteiger partial charge on any atom is -0.381 e. The van der Waals surface area contributed by atoms with Crippen molar-refractivity contribution in [3.05, 3.63) is 105 Å². The summed E-state index contributed by atoms with van der Waals surface area (Å²) in [6.45, 7) is 4.42. The molecule has 0 unspecified atom stereocenters. The third kappa shape index (κ3) is 4.71. The molecule has 0 saturated heterocycles. The highest BCUT2D eigenvalue weighted by molar-refractivity contribution is 9.10. The van der Waals surface area contributed by atoms with Crippen LogP contribution in [0.25, 0.3) is 0 Å².